The fourth-order valence-corrected chi connectivity index (χ4v) is 2.48. The van der Waals surface area contributed by atoms with E-state index < -0.39 is 0 Å². The molecule has 0 amide bonds. The first kappa shape index (κ1) is 14.0. The van der Waals surface area contributed by atoms with Crippen LogP contribution in [0.15, 0.2) is 41.3 Å². The molecule has 2 aromatic rings. The van der Waals surface area contributed by atoms with E-state index in [0.717, 1.165) is 28.0 Å². The number of hydrogen-bond acceptors (Lipinski definition) is 4. The van der Waals surface area contributed by atoms with Crippen LogP contribution in [0.1, 0.15) is 24.2 Å². The number of ether oxygens (including phenoxy) is 1. The zero-order valence-corrected chi connectivity index (χ0v) is 12.5. The summed E-state index contributed by atoms with van der Waals surface area (Å²) in [6.45, 7) is 2.92. The molecule has 19 heavy (non-hydrogen) atoms. The van der Waals surface area contributed by atoms with Crippen molar-refractivity contribution in [1.29, 1.82) is 0 Å². The summed E-state index contributed by atoms with van der Waals surface area (Å²) in [5, 5.41) is 3.42. The first-order chi connectivity index (χ1) is 9.26. The quantitative estimate of drug-likeness (QED) is 0.919. The molecule has 1 aromatic carbocycles. The van der Waals surface area contributed by atoms with Gasteiger partial charge in [-0.15, -0.1) is 0 Å². The van der Waals surface area contributed by atoms with Gasteiger partial charge in [-0.05, 0) is 40.2 Å². The van der Waals surface area contributed by atoms with Crippen molar-refractivity contribution >= 4 is 15.9 Å². The van der Waals surface area contributed by atoms with E-state index in [0.29, 0.717) is 0 Å². The molecule has 0 saturated carbocycles. The molecule has 2 rings (SSSR count). The van der Waals surface area contributed by atoms with Crippen LogP contribution in [0.25, 0.3) is 0 Å². The molecule has 100 valence electrons. The van der Waals surface area contributed by atoms with Crippen LogP contribution >= 0.6 is 15.9 Å². The molecule has 0 saturated heterocycles. The van der Waals surface area contributed by atoms with E-state index in [1.54, 1.807) is 25.7 Å². The fourth-order valence-electron chi connectivity index (χ4n) is 1.92. The van der Waals surface area contributed by atoms with Gasteiger partial charge < -0.3 is 10.1 Å². The number of aromatic nitrogens is 2. The highest BCUT2D eigenvalue weighted by Gasteiger charge is 2.15. The summed E-state index contributed by atoms with van der Waals surface area (Å²) in [4.78, 5) is 8.51. The molecule has 1 atom stereocenters. The molecule has 0 fully saturated rings. The number of nitrogens with zero attached hydrogens (tertiary/aromatic N) is 2. The largest absolute Gasteiger partial charge is 0.496 e. The van der Waals surface area contributed by atoms with E-state index in [2.05, 4.69) is 38.1 Å². The molecular weight excluding hydrogens is 306 g/mol. The second kappa shape index (κ2) is 6.63. The summed E-state index contributed by atoms with van der Waals surface area (Å²) in [5.41, 5.74) is 2.02. The second-order valence-corrected chi connectivity index (χ2v) is 4.87. The topological polar surface area (TPSA) is 47.0 Å². The van der Waals surface area contributed by atoms with Crippen molar-refractivity contribution in [3.8, 4) is 5.75 Å². The monoisotopic (exact) mass is 321 g/mol. The standard InChI is InChI=1S/C14H16BrN3O/c1-3-17-14(12-9-16-6-7-18-12)10-4-5-13(19-2)11(15)8-10/h4-9,14,17H,3H2,1-2H3. The van der Waals surface area contributed by atoms with Gasteiger partial charge in [-0.3, -0.25) is 9.97 Å². The van der Waals surface area contributed by atoms with E-state index in [1.807, 2.05) is 18.2 Å². The number of nitrogens with one attached hydrogen (secondary N) is 1. The highest BCUT2D eigenvalue weighted by Crippen LogP contribution is 2.29. The average molecular weight is 322 g/mol. The van der Waals surface area contributed by atoms with Crippen molar-refractivity contribution in [1.82, 2.24) is 15.3 Å². The Labute approximate surface area is 121 Å². The van der Waals surface area contributed by atoms with Gasteiger partial charge in [0, 0.05) is 12.4 Å². The highest BCUT2D eigenvalue weighted by molar-refractivity contribution is 9.10. The summed E-state index contributed by atoms with van der Waals surface area (Å²) in [6, 6.07) is 6.05. The molecule has 1 aromatic heterocycles. The number of benzene rings is 1. The van der Waals surface area contributed by atoms with E-state index in [-0.39, 0.29) is 6.04 Å². The first-order valence-corrected chi connectivity index (χ1v) is 6.88. The van der Waals surface area contributed by atoms with Crippen molar-refractivity contribution in [3.63, 3.8) is 0 Å². The molecular formula is C14H16BrN3O. The van der Waals surface area contributed by atoms with Crippen LogP contribution in [0.5, 0.6) is 5.75 Å². The maximum absolute atomic E-state index is 5.25. The van der Waals surface area contributed by atoms with E-state index in [9.17, 15) is 0 Å². The highest BCUT2D eigenvalue weighted by atomic mass is 79.9. The Morgan fingerprint density at radius 1 is 1.37 bits per heavy atom. The Bertz CT molecular complexity index is 533. The Morgan fingerprint density at radius 2 is 2.21 bits per heavy atom. The third-order valence-electron chi connectivity index (χ3n) is 2.80. The van der Waals surface area contributed by atoms with Crippen molar-refractivity contribution in [2.75, 3.05) is 13.7 Å². The van der Waals surface area contributed by atoms with Gasteiger partial charge >= 0.3 is 0 Å². The Hall–Kier alpha value is -1.46. The summed E-state index contributed by atoms with van der Waals surface area (Å²) in [7, 11) is 1.66. The van der Waals surface area contributed by atoms with Crippen molar-refractivity contribution < 1.29 is 4.74 Å². The molecule has 0 bridgehead atoms. The number of methoxy groups -OCH3 is 1. The lowest BCUT2D eigenvalue weighted by atomic mass is 10.0. The predicted octanol–water partition coefficient (Wildman–Crippen LogP) is 2.95. The predicted molar refractivity (Wildman–Crippen MR) is 78.2 cm³/mol. The maximum atomic E-state index is 5.25. The van der Waals surface area contributed by atoms with Crippen molar-refractivity contribution in [3.05, 3.63) is 52.5 Å². The third-order valence-corrected chi connectivity index (χ3v) is 3.42. The van der Waals surface area contributed by atoms with Gasteiger partial charge in [0.05, 0.1) is 29.5 Å². The molecule has 4 nitrogen and oxygen atoms in total. The molecule has 1 unspecified atom stereocenters. The van der Waals surface area contributed by atoms with Crippen LogP contribution in [0.2, 0.25) is 0 Å². The number of hydrogen-bond donors (Lipinski definition) is 1. The van der Waals surface area contributed by atoms with Crippen LogP contribution in [0.4, 0.5) is 0 Å². The molecule has 0 radical (unpaired) electrons. The van der Waals surface area contributed by atoms with Gasteiger partial charge in [0.1, 0.15) is 5.75 Å². The van der Waals surface area contributed by atoms with Crippen LogP contribution in [0, 0.1) is 0 Å². The minimum atomic E-state index is 0.0286. The minimum absolute atomic E-state index is 0.0286. The van der Waals surface area contributed by atoms with Gasteiger partial charge in [0.25, 0.3) is 0 Å². The summed E-state index contributed by atoms with van der Waals surface area (Å²) < 4.78 is 6.18. The van der Waals surface area contributed by atoms with E-state index >= 15 is 0 Å². The molecule has 1 heterocycles. The normalized spacial score (nSPS) is 12.2. The summed E-state index contributed by atoms with van der Waals surface area (Å²) in [5.74, 6) is 0.818. The van der Waals surface area contributed by atoms with Crippen molar-refractivity contribution in [2.45, 2.75) is 13.0 Å². The van der Waals surface area contributed by atoms with Crippen molar-refractivity contribution in [2.24, 2.45) is 0 Å². The molecule has 1 N–H and O–H groups in total. The van der Waals surface area contributed by atoms with Gasteiger partial charge in [-0.2, -0.15) is 0 Å². The molecule has 0 aliphatic rings. The molecule has 0 spiro atoms. The molecule has 5 heteroatoms. The number of halogens is 1. The summed E-state index contributed by atoms with van der Waals surface area (Å²) in [6.07, 6.45) is 5.17. The Balaban J connectivity index is 2.37. The van der Waals surface area contributed by atoms with Gasteiger partial charge in [-0.1, -0.05) is 13.0 Å². The van der Waals surface area contributed by atoms with Crippen LogP contribution in [-0.4, -0.2) is 23.6 Å². The lowest BCUT2D eigenvalue weighted by Crippen LogP contribution is -2.23. The zero-order valence-electron chi connectivity index (χ0n) is 10.9. The summed E-state index contributed by atoms with van der Waals surface area (Å²) >= 11 is 3.51. The van der Waals surface area contributed by atoms with Gasteiger partial charge in [0.2, 0.25) is 0 Å². The Morgan fingerprint density at radius 3 is 2.79 bits per heavy atom. The maximum Gasteiger partial charge on any atom is 0.133 e. The van der Waals surface area contributed by atoms with E-state index in [4.69, 9.17) is 4.74 Å². The SMILES string of the molecule is CCNC(c1ccc(OC)c(Br)c1)c1cnccn1. The zero-order chi connectivity index (χ0) is 13.7. The lowest BCUT2D eigenvalue weighted by molar-refractivity contribution is 0.411. The van der Waals surface area contributed by atoms with Crippen LogP contribution < -0.4 is 10.1 Å². The van der Waals surface area contributed by atoms with E-state index in [1.165, 1.54) is 0 Å². The number of rotatable bonds is 5. The first-order valence-electron chi connectivity index (χ1n) is 6.09. The van der Waals surface area contributed by atoms with Gasteiger partial charge in [-0.25, -0.2) is 0 Å². The smallest absolute Gasteiger partial charge is 0.133 e. The molecule has 0 aliphatic heterocycles. The average Bonchev–Trinajstić information content (AvgIpc) is 2.45. The lowest BCUT2D eigenvalue weighted by Gasteiger charge is -2.18. The van der Waals surface area contributed by atoms with Crippen LogP contribution in [-0.2, 0) is 0 Å². The van der Waals surface area contributed by atoms with Gasteiger partial charge in [0.15, 0.2) is 0 Å². The van der Waals surface area contributed by atoms with Crippen LogP contribution in [0.3, 0.4) is 0 Å². The second-order valence-electron chi connectivity index (χ2n) is 4.01. The minimum Gasteiger partial charge on any atom is -0.496 e. The third kappa shape index (κ3) is 3.30. The fraction of sp³-hybridized carbons (Fsp3) is 0.286. The Kier molecular flexibility index (Phi) is 4.87. The molecule has 0 aliphatic carbocycles.